The van der Waals surface area contributed by atoms with E-state index < -0.39 is 5.60 Å². The highest BCUT2D eigenvalue weighted by Gasteiger charge is 2.28. The fourth-order valence-electron chi connectivity index (χ4n) is 4.19. The number of rotatable bonds is 2. The van der Waals surface area contributed by atoms with E-state index in [0.717, 1.165) is 56.3 Å². The summed E-state index contributed by atoms with van der Waals surface area (Å²) in [5.41, 5.74) is 2.62. The van der Waals surface area contributed by atoms with Crippen molar-refractivity contribution < 1.29 is 9.53 Å². The molecule has 3 aromatic heterocycles. The number of piperazine rings is 1. The second kappa shape index (κ2) is 7.78. The molecule has 0 spiro atoms. The molecule has 8 heteroatoms. The lowest BCUT2D eigenvalue weighted by Gasteiger charge is -2.36. The molecule has 0 saturated carbocycles. The predicted molar refractivity (Wildman–Crippen MR) is 129 cm³/mol. The Kier molecular flexibility index (Phi) is 5.04. The van der Waals surface area contributed by atoms with E-state index in [0.29, 0.717) is 13.1 Å². The summed E-state index contributed by atoms with van der Waals surface area (Å²) in [6.07, 6.45) is 1.60. The molecule has 0 atom stereocenters. The van der Waals surface area contributed by atoms with E-state index in [1.165, 1.54) is 0 Å². The Morgan fingerprint density at radius 2 is 1.88 bits per heavy atom. The third-order valence-corrected chi connectivity index (χ3v) is 6.59. The van der Waals surface area contributed by atoms with Gasteiger partial charge in [0.25, 0.3) is 0 Å². The summed E-state index contributed by atoms with van der Waals surface area (Å²) in [4.78, 5) is 30.5. The number of nitrogens with zero attached hydrogens (tertiary/aromatic N) is 4. The van der Waals surface area contributed by atoms with Crippen LogP contribution in [-0.2, 0) is 4.74 Å². The van der Waals surface area contributed by atoms with Crippen molar-refractivity contribution in [1.82, 2.24) is 19.9 Å². The quantitative estimate of drug-likeness (QED) is 0.455. The smallest absolute Gasteiger partial charge is 0.410 e. The number of anilines is 1. The van der Waals surface area contributed by atoms with Crippen molar-refractivity contribution in [2.45, 2.75) is 33.3 Å². The maximum absolute atomic E-state index is 12.5. The van der Waals surface area contributed by atoms with E-state index in [2.05, 4.69) is 39.1 Å². The summed E-state index contributed by atoms with van der Waals surface area (Å²) in [7, 11) is 0. The molecule has 0 bridgehead atoms. The molecule has 1 amide bonds. The number of aromatic nitrogens is 3. The maximum atomic E-state index is 12.5. The van der Waals surface area contributed by atoms with Crippen LogP contribution in [0.5, 0.6) is 0 Å². The molecule has 166 valence electrons. The van der Waals surface area contributed by atoms with Crippen molar-refractivity contribution in [3.8, 4) is 10.4 Å². The fraction of sp³-hybridized carbons (Fsp3) is 0.375. The van der Waals surface area contributed by atoms with Crippen LogP contribution in [0.15, 0.2) is 36.5 Å². The van der Waals surface area contributed by atoms with Crippen LogP contribution < -0.4 is 4.90 Å². The molecule has 1 aliphatic rings. The highest BCUT2D eigenvalue weighted by atomic mass is 32.1. The second-order valence-electron chi connectivity index (χ2n) is 9.09. The monoisotopic (exact) mass is 449 g/mol. The zero-order valence-electron chi connectivity index (χ0n) is 18.8. The SMILES string of the molecule is Cc1nc(N2CCN(C(=O)OC(C)(C)C)CC2)c(-c2ccnc3[nH]c4ccccc4c23)s1. The van der Waals surface area contributed by atoms with Gasteiger partial charge in [-0.25, -0.2) is 14.8 Å². The van der Waals surface area contributed by atoms with Crippen LogP contribution in [0.2, 0.25) is 0 Å². The minimum absolute atomic E-state index is 0.249. The van der Waals surface area contributed by atoms with E-state index in [1.54, 1.807) is 16.2 Å². The Labute approximate surface area is 191 Å². The summed E-state index contributed by atoms with van der Waals surface area (Å²) in [6.45, 7) is 10.4. The molecule has 5 rings (SSSR count). The minimum atomic E-state index is -0.487. The molecule has 1 saturated heterocycles. The molecule has 1 aliphatic heterocycles. The topological polar surface area (TPSA) is 74.3 Å². The van der Waals surface area contributed by atoms with Crippen molar-refractivity contribution in [1.29, 1.82) is 0 Å². The lowest BCUT2D eigenvalue weighted by Crippen LogP contribution is -2.50. The molecule has 0 unspecified atom stereocenters. The van der Waals surface area contributed by atoms with E-state index in [-0.39, 0.29) is 6.09 Å². The number of para-hydroxylation sites is 1. The van der Waals surface area contributed by atoms with Crippen molar-refractivity contribution in [3.05, 3.63) is 41.5 Å². The number of pyridine rings is 1. The summed E-state index contributed by atoms with van der Waals surface area (Å²) in [6, 6.07) is 10.4. The number of benzene rings is 1. The van der Waals surface area contributed by atoms with Crippen LogP contribution in [0.3, 0.4) is 0 Å². The van der Waals surface area contributed by atoms with E-state index in [9.17, 15) is 4.79 Å². The van der Waals surface area contributed by atoms with Gasteiger partial charge in [0, 0.05) is 54.2 Å². The number of thiazole rings is 1. The average Bonchev–Trinajstić information content (AvgIpc) is 3.33. The highest BCUT2D eigenvalue weighted by molar-refractivity contribution is 7.15. The average molecular weight is 450 g/mol. The molecule has 1 fully saturated rings. The number of carbonyl (C=O) groups excluding carboxylic acids is 1. The third-order valence-electron chi connectivity index (χ3n) is 5.59. The van der Waals surface area contributed by atoms with E-state index in [4.69, 9.17) is 9.72 Å². The van der Waals surface area contributed by atoms with Gasteiger partial charge in [-0.1, -0.05) is 18.2 Å². The van der Waals surface area contributed by atoms with Crippen molar-refractivity contribution >= 4 is 45.2 Å². The standard InChI is InChI=1S/C24H27N5O2S/c1-15-26-22(28-11-13-29(14-12-28)23(30)31-24(2,3)4)20(32-15)17-9-10-25-21-19(17)16-7-5-6-8-18(16)27-21/h5-10H,11-14H2,1-4H3,(H,25,27). The van der Waals surface area contributed by atoms with Crippen LogP contribution >= 0.6 is 11.3 Å². The highest BCUT2D eigenvalue weighted by Crippen LogP contribution is 2.41. The number of aryl methyl sites for hydroxylation is 1. The number of nitrogens with one attached hydrogen (secondary N) is 1. The van der Waals surface area contributed by atoms with Gasteiger partial charge in [-0.3, -0.25) is 0 Å². The predicted octanol–water partition coefficient (Wildman–Crippen LogP) is 5.21. The van der Waals surface area contributed by atoms with Gasteiger partial charge in [0.2, 0.25) is 0 Å². The second-order valence-corrected chi connectivity index (χ2v) is 10.3. The lowest BCUT2D eigenvalue weighted by molar-refractivity contribution is 0.0240. The largest absolute Gasteiger partial charge is 0.444 e. The molecule has 4 aromatic rings. The van der Waals surface area contributed by atoms with Gasteiger partial charge in [0.1, 0.15) is 17.1 Å². The van der Waals surface area contributed by atoms with Crippen LogP contribution in [0.25, 0.3) is 32.4 Å². The first-order chi connectivity index (χ1) is 15.3. The molecular formula is C24H27N5O2S. The number of ether oxygens (including phenoxy) is 1. The Balaban J connectivity index is 1.47. The van der Waals surface area contributed by atoms with Gasteiger partial charge in [0.05, 0.1) is 9.88 Å². The summed E-state index contributed by atoms with van der Waals surface area (Å²) in [5.74, 6) is 0.981. The first-order valence-corrected chi connectivity index (χ1v) is 11.7. The van der Waals surface area contributed by atoms with Gasteiger partial charge >= 0.3 is 6.09 Å². The Morgan fingerprint density at radius 3 is 2.62 bits per heavy atom. The minimum Gasteiger partial charge on any atom is -0.444 e. The molecule has 32 heavy (non-hydrogen) atoms. The zero-order valence-corrected chi connectivity index (χ0v) is 19.6. The molecule has 7 nitrogen and oxygen atoms in total. The number of H-pyrrole nitrogens is 1. The number of hydrogen-bond acceptors (Lipinski definition) is 6. The number of fused-ring (bicyclic) bond motifs is 3. The molecule has 0 radical (unpaired) electrons. The molecule has 0 aliphatic carbocycles. The van der Waals surface area contributed by atoms with Crippen LogP contribution in [0.1, 0.15) is 25.8 Å². The third kappa shape index (κ3) is 3.79. The Hall–Kier alpha value is -3.13. The number of aromatic amines is 1. The number of hydrogen-bond donors (Lipinski definition) is 1. The van der Waals surface area contributed by atoms with Gasteiger partial charge in [-0.2, -0.15) is 0 Å². The normalized spacial score (nSPS) is 15.0. The Bertz CT molecular complexity index is 1290. The lowest BCUT2D eigenvalue weighted by atomic mass is 10.1. The van der Waals surface area contributed by atoms with Crippen molar-refractivity contribution in [2.75, 3.05) is 31.1 Å². The van der Waals surface area contributed by atoms with Gasteiger partial charge in [-0.15, -0.1) is 11.3 Å². The Morgan fingerprint density at radius 1 is 1.12 bits per heavy atom. The van der Waals surface area contributed by atoms with Gasteiger partial charge < -0.3 is 19.5 Å². The van der Waals surface area contributed by atoms with E-state index in [1.807, 2.05) is 40.0 Å². The fourth-order valence-corrected chi connectivity index (χ4v) is 5.16. The number of amides is 1. The molecule has 4 heterocycles. The first-order valence-electron chi connectivity index (χ1n) is 10.9. The van der Waals surface area contributed by atoms with Crippen molar-refractivity contribution in [3.63, 3.8) is 0 Å². The van der Waals surface area contributed by atoms with E-state index >= 15 is 0 Å². The summed E-state index contributed by atoms with van der Waals surface area (Å²) < 4.78 is 5.54. The van der Waals surface area contributed by atoms with Crippen LogP contribution in [0.4, 0.5) is 10.6 Å². The number of carbonyl (C=O) groups is 1. The molecular weight excluding hydrogens is 422 g/mol. The molecule has 1 N–H and O–H groups in total. The van der Waals surface area contributed by atoms with Crippen LogP contribution in [-0.4, -0.2) is 57.7 Å². The summed E-state index contributed by atoms with van der Waals surface area (Å²) >= 11 is 1.70. The van der Waals surface area contributed by atoms with Crippen molar-refractivity contribution in [2.24, 2.45) is 0 Å². The molecule has 1 aromatic carbocycles. The van der Waals surface area contributed by atoms with Gasteiger partial charge in [0.15, 0.2) is 0 Å². The van der Waals surface area contributed by atoms with Crippen LogP contribution in [0, 0.1) is 6.92 Å². The van der Waals surface area contributed by atoms with Gasteiger partial charge in [-0.05, 0) is 39.8 Å². The zero-order chi connectivity index (χ0) is 22.5. The first kappa shape index (κ1) is 20.8. The summed E-state index contributed by atoms with van der Waals surface area (Å²) in [5, 5.41) is 3.31. The maximum Gasteiger partial charge on any atom is 0.410 e.